The Bertz CT molecular complexity index is 925. The summed E-state index contributed by atoms with van der Waals surface area (Å²) in [6.07, 6.45) is -0.430. The number of carbonyl (C=O) groups is 1. The molecular formula is C23H23N3O3. The van der Waals surface area contributed by atoms with Crippen LogP contribution in [0.4, 0.5) is 16.2 Å². The number of piperazine rings is 1. The highest BCUT2D eigenvalue weighted by molar-refractivity contribution is 5.88. The summed E-state index contributed by atoms with van der Waals surface area (Å²) in [6.45, 7) is 2.85. The first-order valence-corrected chi connectivity index (χ1v) is 9.61. The number of anilines is 2. The minimum absolute atomic E-state index is 0.256. The van der Waals surface area contributed by atoms with Gasteiger partial charge in [0.1, 0.15) is 11.5 Å². The van der Waals surface area contributed by atoms with Gasteiger partial charge in [-0.2, -0.15) is 0 Å². The molecule has 1 fully saturated rings. The zero-order valence-corrected chi connectivity index (χ0v) is 16.0. The number of rotatable bonds is 4. The van der Waals surface area contributed by atoms with Crippen molar-refractivity contribution in [2.24, 2.45) is 0 Å². The van der Waals surface area contributed by atoms with Crippen LogP contribution in [0.1, 0.15) is 0 Å². The average molecular weight is 389 g/mol. The summed E-state index contributed by atoms with van der Waals surface area (Å²) in [4.78, 5) is 15.3. The molecule has 1 saturated heterocycles. The SMILES string of the molecule is O=C(Oc1ccccc1)N(c1ccccc1)N1CCN(c2ccc(O)cc2)CC1. The lowest BCUT2D eigenvalue weighted by molar-refractivity contribution is 0.170. The van der Waals surface area contributed by atoms with E-state index in [4.69, 9.17) is 4.74 Å². The number of ether oxygens (including phenoxy) is 1. The monoisotopic (exact) mass is 389 g/mol. The van der Waals surface area contributed by atoms with E-state index in [1.165, 1.54) is 0 Å². The number of aromatic hydroxyl groups is 1. The van der Waals surface area contributed by atoms with Gasteiger partial charge in [0.15, 0.2) is 0 Å². The second-order valence-corrected chi connectivity index (χ2v) is 6.79. The van der Waals surface area contributed by atoms with E-state index < -0.39 is 6.09 Å². The molecule has 0 spiro atoms. The number of hydrazine groups is 1. The second-order valence-electron chi connectivity index (χ2n) is 6.79. The molecule has 1 N–H and O–H groups in total. The summed E-state index contributed by atoms with van der Waals surface area (Å²) < 4.78 is 5.61. The molecule has 6 heteroatoms. The molecule has 4 rings (SSSR count). The van der Waals surface area contributed by atoms with Crippen LogP contribution in [0.2, 0.25) is 0 Å². The number of para-hydroxylation sites is 2. The van der Waals surface area contributed by atoms with Crippen molar-refractivity contribution in [3.8, 4) is 11.5 Å². The second kappa shape index (κ2) is 8.67. The van der Waals surface area contributed by atoms with Crippen LogP contribution in [0.5, 0.6) is 11.5 Å². The Kier molecular flexibility index (Phi) is 5.63. The molecule has 0 atom stereocenters. The lowest BCUT2D eigenvalue weighted by atomic mass is 10.2. The van der Waals surface area contributed by atoms with Crippen LogP contribution < -0.4 is 14.6 Å². The first kappa shape index (κ1) is 18.8. The van der Waals surface area contributed by atoms with E-state index in [-0.39, 0.29) is 5.75 Å². The van der Waals surface area contributed by atoms with Crippen LogP contribution in [-0.4, -0.2) is 42.4 Å². The number of hydrogen-bond donors (Lipinski definition) is 1. The van der Waals surface area contributed by atoms with Crippen molar-refractivity contribution in [3.05, 3.63) is 84.9 Å². The molecule has 1 aliphatic heterocycles. The Hall–Kier alpha value is -3.51. The predicted molar refractivity (Wildman–Crippen MR) is 113 cm³/mol. The Morgan fingerprint density at radius 2 is 1.38 bits per heavy atom. The highest BCUT2D eigenvalue weighted by atomic mass is 16.6. The molecule has 1 aliphatic rings. The van der Waals surface area contributed by atoms with E-state index in [0.717, 1.165) is 24.5 Å². The van der Waals surface area contributed by atoms with Gasteiger partial charge in [-0.3, -0.25) is 0 Å². The molecule has 0 bridgehead atoms. The Morgan fingerprint density at radius 1 is 0.793 bits per heavy atom. The van der Waals surface area contributed by atoms with Crippen molar-refractivity contribution < 1.29 is 14.6 Å². The molecule has 0 unspecified atom stereocenters. The molecule has 6 nitrogen and oxygen atoms in total. The fraction of sp³-hybridized carbons (Fsp3) is 0.174. The van der Waals surface area contributed by atoms with Gasteiger partial charge in [-0.15, -0.1) is 0 Å². The Labute approximate surface area is 170 Å². The molecule has 1 heterocycles. The quantitative estimate of drug-likeness (QED) is 0.727. The van der Waals surface area contributed by atoms with Gasteiger partial charge in [-0.05, 0) is 48.5 Å². The van der Waals surface area contributed by atoms with Gasteiger partial charge in [0.05, 0.1) is 5.69 Å². The van der Waals surface area contributed by atoms with Crippen LogP contribution >= 0.6 is 0 Å². The third-order valence-electron chi connectivity index (χ3n) is 4.88. The first-order chi connectivity index (χ1) is 14.2. The van der Waals surface area contributed by atoms with E-state index in [1.807, 2.05) is 65.7 Å². The van der Waals surface area contributed by atoms with Crippen molar-refractivity contribution >= 4 is 17.5 Å². The van der Waals surface area contributed by atoms with Crippen LogP contribution in [-0.2, 0) is 0 Å². The normalized spacial score (nSPS) is 14.4. The average Bonchev–Trinajstić information content (AvgIpc) is 2.76. The van der Waals surface area contributed by atoms with Crippen LogP contribution in [0.15, 0.2) is 84.9 Å². The summed E-state index contributed by atoms with van der Waals surface area (Å²) in [5.74, 6) is 0.771. The molecule has 0 aromatic heterocycles. The lowest BCUT2D eigenvalue weighted by Crippen LogP contribution is -2.56. The van der Waals surface area contributed by atoms with Crippen LogP contribution in [0.25, 0.3) is 0 Å². The number of hydrogen-bond acceptors (Lipinski definition) is 5. The first-order valence-electron chi connectivity index (χ1n) is 9.61. The third-order valence-corrected chi connectivity index (χ3v) is 4.88. The molecule has 148 valence electrons. The van der Waals surface area contributed by atoms with Crippen LogP contribution in [0, 0.1) is 0 Å². The minimum atomic E-state index is -0.430. The summed E-state index contributed by atoms with van der Waals surface area (Å²) in [5, 5.41) is 13.1. The maximum Gasteiger partial charge on any atom is 0.434 e. The molecule has 3 aromatic rings. The summed E-state index contributed by atoms with van der Waals surface area (Å²) >= 11 is 0. The van der Waals surface area contributed by atoms with Crippen molar-refractivity contribution in [2.75, 3.05) is 36.1 Å². The number of nitrogens with zero attached hydrogens (tertiary/aromatic N) is 3. The summed E-state index contributed by atoms with van der Waals surface area (Å²) in [6, 6.07) is 25.8. The van der Waals surface area contributed by atoms with Gasteiger partial charge >= 0.3 is 6.09 Å². The van der Waals surface area contributed by atoms with Gasteiger partial charge in [0.2, 0.25) is 0 Å². The number of carbonyl (C=O) groups excluding carboxylic acids is 1. The molecule has 0 aliphatic carbocycles. The van der Waals surface area contributed by atoms with Crippen molar-refractivity contribution in [1.82, 2.24) is 5.01 Å². The van der Waals surface area contributed by atoms with Crippen LogP contribution in [0.3, 0.4) is 0 Å². The largest absolute Gasteiger partial charge is 0.508 e. The van der Waals surface area contributed by atoms with E-state index in [2.05, 4.69) is 4.90 Å². The zero-order chi connectivity index (χ0) is 20.1. The lowest BCUT2D eigenvalue weighted by Gasteiger charge is -2.41. The topological polar surface area (TPSA) is 56.2 Å². The van der Waals surface area contributed by atoms with Crippen molar-refractivity contribution in [1.29, 1.82) is 0 Å². The Balaban J connectivity index is 1.50. The van der Waals surface area contributed by atoms with Gasteiger partial charge in [0, 0.05) is 31.9 Å². The summed E-state index contributed by atoms with van der Waals surface area (Å²) in [5.41, 5.74) is 1.83. The zero-order valence-electron chi connectivity index (χ0n) is 16.0. The molecular weight excluding hydrogens is 366 g/mol. The molecule has 0 radical (unpaired) electrons. The number of phenols is 1. The smallest absolute Gasteiger partial charge is 0.434 e. The highest BCUT2D eigenvalue weighted by Crippen LogP contribution is 2.23. The van der Waals surface area contributed by atoms with E-state index >= 15 is 0 Å². The van der Waals surface area contributed by atoms with Crippen molar-refractivity contribution in [2.45, 2.75) is 0 Å². The number of benzene rings is 3. The van der Waals surface area contributed by atoms with Gasteiger partial charge < -0.3 is 14.7 Å². The van der Waals surface area contributed by atoms with E-state index in [0.29, 0.717) is 18.8 Å². The minimum Gasteiger partial charge on any atom is -0.508 e. The van der Waals surface area contributed by atoms with Gasteiger partial charge in [-0.1, -0.05) is 36.4 Å². The molecule has 1 amide bonds. The maximum absolute atomic E-state index is 13.0. The standard InChI is InChI=1S/C23H23N3O3/c27-21-13-11-19(12-14-21)24-15-17-25(18-16-24)26(20-7-3-1-4-8-20)23(28)29-22-9-5-2-6-10-22/h1-14,27H,15-18H2. The van der Waals surface area contributed by atoms with E-state index in [9.17, 15) is 9.90 Å². The van der Waals surface area contributed by atoms with Gasteiger partial charge in [-0.25, -0.2) is 14.8 Å². The fourth-order valence-corrected chi connectivity index (χ4v) is 3.40. The fourth-order valence-electron chi connectivity index (χ4n) is 3.40. The highest BCUT2D eigenvalue weighted by Gasteiger charge is 2.28. The van der Waals surface area contributed by atoms with Crippen molar-refractivity contribution in [3.63, 3.8) is 0 Å². The van der Waals surface area contributed by atoms with Gasteiger partial charge in [0.25, 0.3) is 0 Å². The van der Waals surface area contributed by atoms with E-state index in [1.54, 1.807) is 29.3 Å². The molecule has 3 aromatic carbocycles. The predicted octanol–water partition coefficient (Wildman–Crippen LogP) is 4.13. The number of phenolic OH excluding ortho intramolecular Hbond substituents is 1. The maximum atomic E-state index is 13.0. The molecule has 29 heavy (non-hydrogen) atoms. The Morgan fingerprint density at radius 3 is 2.00 bits per heavy atom. The third kappa shape index (κ3) is 4.50. The summed E-state index contributed by atoms with van der Waals surface area (Å²) in [7, 11) is 0. The number of amides is 1. The molecule has 0 saturated carbocycles.